The molecule has 1 aliphatic rings. The summed E-state index contributed by atoms with van der Waals surface area (Å²) in [6, 6.07) is 1.84. The van der Waals surface area contributed by atoms with Crippen LogP contribution in [-0.2, 0) is 16.4 Å². The molecule has 0 bridgehead atoms. The van der Waals surface area contributed by atoms with Crippen LogP contribution in [0.4, 0.5) is 0 Å². The summed E-state index contributed by atoms with van der Waals surface area (Å²) < 4.78 is 29.3. The zero-order valence-corrected chi connectivity index (χ0v) is 16.3. The quantitative estimate of drug-likeness (QED) is 0.766. The molecule has 1 atom stereocenters. The van der Waals surface area contributed by atoms with Crippen molar-refractivity contribution in [1.29, 1.82) is 0 Å². The first-order chi connectivity index (χ1) is 12.4. The van der Waals surface area contributed by atoms with Crippen LogP contribution in [0.1, 0.15) is 30.0 Å². The Morgan fingerprint density at radius 3 is 2.65 bits per heavy atom. The van der Waals surface area contributed by atoms with E-state index >= 15 is 0 Å². The van der Waals surface area contributed by atoms with Gasteiger partial charge in [-0.2, -0.15) is 0 Å². The van der Waals surface area contributed by atoms with Gasteiger partial charge in [-0.15, -0.1) is 0 Å². The summed E-state index contributed by atoms with van der Waals surface area (Å²) in [4.78, 5) is 15.1. The first kappa shape index (κ1) is 19.0. The highest BCUT2D eigenvalue weighted by Crippen LogP contribution is 2.31. The molecule has 1 saturated heterocycles. The molecule has 26 heavy (non-hydrogen) atoms. The topological polar surface area (TPSA) is 85.3 Å². The number of halogens is 1. The van der Waals surface area contributed by atoms with Crippen molar-refractivity contribution in [3.8, 4) is 6.01 Å². The van der Waals surface area contributed by atoms with E-state index in [1.165, 1.54) is 25.6 Å². The Bertz CT molecular complexity index is 874. The van der Waals surface area contributed by atoms with E-state index < -0.39 is 9.84 Å². The molecule has 0 saturated carbocycles. The molecule has 3 heterocycles. The van der Waals surface area contributed by atoms with Crippen molar-refractivity contribution >= 4 is 21.4 Å². The van der Waals surface area contributed by atoms with Crippen LogP contribution in [0.5, 0.6) is 6.01 Å². The fourth-order valence-electron chi connectivity index (χ4n) is 3.25. The number of aromatic nitrogens is 3. The zero-order valence-electron chi connectivity index (χ0n) is 14.7. The SMILES string of the molecule is COc1ncc(CN2CCCC(c3ncc(Cl)cc3S(C)(=O)=O)C2)cn1. The van der Waals surface area contributed by atoms with Crippen molar-refractivity contribution < 1.29 is 13.2 Å². The standard InChI is InChI=1S/C17H21ClN4O3S/c1-25-17-20-7-12(8-21-17)10-22-5-3-4-13(11-22)16-15(26(2,23)24)6-14(18)9-19-16/h6-9,13H,3-5,10-11H2,1-2H3. The Labute approximate surface area is 158 Å². The molecule has 140 valence electrons. The number of nitrogens with zero attached hydrogens (tertiary/aromatic N) is 4. The lowest BCUT2D eigenvalue weighted by atomic mass is 9.94. The number of sulfone groups is 1. The van der Waals surface area contributed by atoms with Gasteiger partial charge in [0, 0.05) is 49.4 Å². The fourth-order valence-corrected chi connectivity index (χ4v) is 4.41. The lowest BCUT2D eigenvalue weighted by Gasteiger charge is -2.33. The normalized spacial score (nSPS) is 18.7. The largest absolute Gasteiger partial charge is 0.467 e. The number of pyridine rings is 1. The average molecular weight is 397 g/mol. The Morgan fingerprint density at radius 2 is 2.00 bits per heavy atom. The number of rotatable bonds is 5. The second-order valence-electron chi connectivity index (χ2n) is 6.46. The van der Waals surface area contributed by atoms with E-state index in [4.69, 9.17) is 16.3 Å². The van der Waals surface area contributed by atoms with E-state index in [1.807, 2.05) is 0 Å². The minimum absolute atomic E-state index is 0.0462. The maximum absolute atomic E-state index is 12.1. The molecule has 3 rings (SSSR count). The van der Waals surface area contributed by atoms with Crippen molar-refractivity contribution in [3.05, 3.63) is 40.9 Å². The van der Waals surface area contributed by atoms with E-state index in [1.54, 1.807) is 12.4 Å². The summed E-state index contributed by atoms with van der Waals surface area (Å²) in [5.74, 6) is 0.0462. The van der Waals surface area contributed by atoms with Crippen molar-refractivity contribution in [2.24, 2.45) is 0 Å². The van der Waals surface area contributed by atoms with Gasteiger partial charge in [0.1, 0.15) is 0 Å². The lowest BCUT2D eigenvalue weighted by Crippen LogP contribution is -2.34. The van der Waals surface area contributed by atoms with E-state index in [0.29, 0.717) is 23.3 Å². The number of methoxy groups -OCH3 is 1. The van der Waals surface area contributed by atoms with E-state index in [0.717, 1.165) is 31.5 Å². The molecule has 7 nitrogen and oxygen atoms in total. The number of likely N-dealkylation sites (tertiary alicyclic amines) is 1. The second-order valence-corrected chi connectivity index (χ2v) is 8.88. The van der Waals surface area contributed by atoms with Crippen LogP contribution in [0.15, 0.2) is 29.6 Å². The van der Waals surface area contributed by atoms with Crippen molar-refractivity contribution in [2.75, 3.05) is 26.5 Å². The predicted molar refractivity (Wildman–Crippen MR) is 98.2 cm³/mol. The summed E-state index contributed by atoms with van der Waals surface area (Å²) in [5.41, 5.74) is 1.59. The first-order valence-corrected chi connectivity index (χ1v) is 10.6. The third-order valence-corrected chi connectivity index (χ3v) is 5.74. The number of piperidine rings is 1. The van der Waals surface area contributed by atoms with Gasteiger partial charge in [0.15, 0.2) is 9.84 Å². The van der Waals surface area contributed by atoms with Crippen LogP contribution in [0.3, 0.4) is 0 Å². The van der Waals surface area contributed by atoms with E-state index in [-0.39, 0.29) is 10.8 Å². The summed E-state index contributed by atoms with van der Waals surface area (Å²) in [7, 11) is -1.86. The fraction of sp³-hybridized carbons (Fsp3) is 0.471. The van der Waals surface area contributed by atoms with Crippen LogP contribution in [0, 0.1) is 0 Å². The van der Waals surface area contributed by atoms with Crippen molar-refractivity contribution in [3.63, 3.8) is 0 Å². The molecule has 1 fully saturated rings. The molecule has 0 aromatic carbocycles. The Kier molecular flexibility index (Phi) is 5.74. The van der Waals surface area contributed by atoms with Gasteiger partial charge in [0.25, 0.3) is 0 Å². The minimum Gasteiger partial charge on any atom is -0.467 e. The smallest absolute Gasteiger partial charge is 0.316 e. The van der Waals surface area contributed by atoms with Gasteiger partial charge in [-0.3, -0.25) is 9.88 Å². The molecular weight excluding hydrogens is 376 g/mol. The number of hydrogen-bond donors (Lipinski definition) is 0. The molecule has 0 N–H and O–H groups in total. The molecule has 2 aromatic heterocycles. The highest BCUT2D eigenvalue weighted by atomic mass is 35.5. The van der Waals surface area contributed by atoms with Gasteiger partial charge in [0.05, 0.1) is 22.7 Å². The second kappa shape index (κ2) is 7.85. The highest BCUT2D eigenvalue weighted by molar-refractivity contribution is 7.90. The maximum Gasteiger partial charge on any atom is 0.316 e. The number of ether oxygens (including phenoxy) is 1. The monoisotopic (exact) mass is 396 g/mol. The first-order valence-electron chi connectivity index (χ1n) is 8.29. The Hall–Kier alpha value is -1.77. The zero-order chi connectivity index (χ0) is 18.7. The lowest BCUT2D eigenvalue weighted by molar-refractivity contribution is 0.196. The van der Waals surface area contributed by atoms with E-state index in [9.17, 15) is 8.42 Å². The summed E-state index contributed by atoms with van der Waals surface area (Å²) in [6.07, 6.45) is 8.07. The molecule has 0 aliphatic carbocycles. The van der Waals surface area contributed by atoms with Gasteiger partial charge >= 0.3 is 6.01 Å². The number of hydrogen-bond acceptors (Lipinski definition) is 7. The van der Waals surface area contributed by atoms with Crippen LogP contribution in [0.2, 0.25) is 5.02 Å². The van der Waals surface area contributed by atoms with Gasteiger partial charge in [0.2, 0.25) is 0 Å². The molecule has 9 heteroatoms. The molecular formula is C17H21ClN4O3S. The van der Waals surface area contributed by atoms with Crippen LogP contribution in [-0.4, -0.2) is 54.7 Å². The predicted octanol–water partition coefficient (Wildman–Crippen LogP) is 2.32. The van der Waals surface area contributed by atoms with Gasteiger partial charge in [-0.25, -0.2) is 18.4 Å². The van der Waals surface area contributed by atoms with Gasteiger partial charge in [-0.05, 0) is 25.5 Å². The third kappa shape index (κ3) is 4.49. The minimum atomic E-state index is -3.39. The molecule has 0 radical (unpaired) electrons. The summed E-state index contributed by atoms with van der Waals surface area (Å²) in [5, 5.41) is 0.331. The van der Waals surface area contributed by atoms with Gasteiger partial charge in [-0.1, -0.05) is 11.6 Å². The Morgan fingerprint density at radius 1 is 1.27 bits per heavy atom. The third-order valence-electron chi connectivity index (χ3n) is 4.41. The molecule has 2 aromatic rings. The molecule has 1 unspecified atom stereocenters. The van der Waals surface area contributed by atoms with Crippen molar-refractivity contribution in [1.82, 2.24) is 19.9 Å². The van der Waals surface area contributed by atoms with Gasteiger partial charge < -0.3 is 4.74 Å². The van der Waals surface area contributed by atoms with E-state index in [2.05, 4.69) is 19.9 Å². The molecule has 0 amide bonds. The Balaban J connectivity index is 1.78. The molecule has 1 aliphatic heterocycles. The van der Waals surface area contributed by atoms with Crippen molar-refractivity contribution in [2.45, 2.75) is 30.2 Å². The summed E-state index contributed by atoms with van der Waals surface area (Å²) >= 11 is 5.96. The average Bonchev–Trinajstić information content (AvgIpc) is 2.62. The van der Waals surface area contributed by atoms with Crippen LogP contribution >= 0.6 is 11.6 Å². The van der Waals surface area contributed by atoms with Crippen LogP contribution in [0.25, 0.3) is 0 Å². The maximum atomic E-state index is 12.1. The molecule has 0 spiro atoms. The van der Waals surface area contributed by atoms with Crippen LogP contribution < -0.4 is 4.74 Å². The highest BCUT2D eigenvalue weighted by Gasteiger charge is 2.27. The summed E-state index contributed by atoms with van der Waals surface area (Å²) in [6.45, 7) is 2.36.